The number of hydrogen-bond acceptors (Lipinski definition) is 1. The van der Waals surface area contributed by atoms with Crippen LogP contribution >= 0.6 is 12.4 Å². The zero-order chi connectivity index (χ0) is 8.93. The van der Waals surface area contributed by atoms with Gasteiger partial charge in [0, 0.05) is 0 Å². The number of hydrogen-bond donors (Lipinski definition) is 1. The van der Waals surface area contributed by atoms with E-state index in [0.717, 1.165) is 5.92 Å². The molecule has 1 nitrogen and oxygen atoms in total. The Hall–Kier alpha value is -0.0100. The molecule has 2 rings (SSSR count). The molecular weight excluding hydrogens is 194 g/mol. The minimum absolute atomic E-state index is 0. The van der Waals surface area contributed by atoms with Crippen LogP contribution in [0.25, 0.3) is 0 Å². The molecule has 0 unspecified atom stereocenters. The Balaban J connectivity index is 0.000000980. The lowest BCUT2D eigenvalue weighted by molar-refractivity contribution is 0.609. The Morgan fingerprint density at radius 1 is 1.29 bits per heavy atom. The van der Waals surface area contributed by atoms with Crippen LogP contribution < -0.4 is 5.32 Å². The highest BCUT2D eigenvalue weighted by Crippen LogP contribution is 2.27. The Bertz CT molecular complexity index is 185. The maximum atomic E-state index is 3.55. The summed E-state index contributed by atoms with van der Waals surface area (Å²) in [5.41, 5.74) is 1.70. The number of rotatable bonds is 5. The van der Waals surface area contributed by atoms with Crippen molar-refractivity contribution in [2.45, 2.75) is 44.9 Å². The van der Waals surface area contributed by atoms with Gasteiger partial charge in [0.1, 0.15) is 0 Å². The van der Waals surface area contributed by atoms with Gasteiger partial charge in [-0.3, -0.25) is 0 Å². The van der Waals surface area contributed by atoms with Crippen molar-refractivity contribution in [2.24, 2.45) is 5.92 Å². The molecule has 0 aromatic rings. The van der Waals surface area contributed by atoms with Crippen molar-refractivity contribution in [3.05, 3.63) is 11.6 Å². The van der Waals surface area contributed by atoms with Crippen molar-refractivity contribution in [2.75, 3.05) is 13.1 Å². The molecule has 2 aliphatic carbocycles. The Morgan fingerprint density at radius 3 is 2.79 bits per heavy atom. The predicted octanol–water partition coefficient (Wildman–Crippen LogP) is 3.30. The summed E-state index contributed by atoms with van der Waals surface area (Å²) in [6.45, 7) is 2.48. The lowest BCUT2D eigenvalue weighted by atomic mass is 9.97. The van der Waals surface area contributed by atoms with Crippen LogP contribution in [0.15, 0.2) is 11.6 Å². The van der Waals surface area contributed by atoms with E-state index in [1.807, 2.05) is 0 Å². The van der Waals surface area contributed by atoms with E-state index in [0.29, 0.717) is 0 Å². The lowest BCUT2D eigenvalue weighted by Crippen LogP contribution is -2.18. The monoisotopic (exact) mass is 215 g/mol. The van der Waals surface area contributed by atoms with E-state index in [1.54, 1.807) is 5.57 Å². The Kier molecular flexibility index (Phi) is 5.57. The van der Waals surface area contributed by atoms with E-state index >= 15 is 0 Å². The molecule has 14 heavy (non-hydrogen) atoms. The first-order valence-electron chi connectivity index (χ1n) is 5.84. The second-order valence-electron chi connectivity index (χ2n) is 4.51. The van der Waals surface area contributed by atoms with Crippen LogP contribution in [0.4, 0.5) is 0 Å². The molecule has 1 N–H and O–H groups in total. The highest BCUT2D eigenvalue weighted by molar-refractivity contribution is 5.85. The third kappa shape index (κ3) is 4.47. The van der Waals surface area contributed by atoms with E-state index in [4.69, 9.17) is 0 Å². The average molecular weight is 216 g/mol. The smallest absolute Gasteiger partial charge is 0.00115 e. The molecule has 0 atom stereocenters. The van der Waals surface area contributed by atoms with Gasteiger partial charge in [-0.15, -0.1) is 12.4 Å². The highest BCUT2D eigenvalue weighted by Gasteiger charge is 2.19. The lowest BCUT2D eigenvalue weighted by Gasteiger charge is -2.12. The van der Waals surface area contributed by atoms with Crippen molar-refractivity contribution in [3.63, 3.8) is 0 Å². The normalized spacial score (nSPS) is 21.3. The fourth-order valence-corrected chi connectivity index (χ4v) is 2.01. The fourth-order valence-electron chi connectivity index (χ4n) is 2.01. The van der Waals surface area contributed by atoms with Crippen LogP contribution in [0, 0.1) is 5.92 Å². The Labute approximate surface area is 93.8 Å². The van der Waals surface area contributed by atoms with E-state index < -0.39 is 0 Å². The maximum absolute atomic E-state index is 3.55. The molecule has 2 aliphatic rings. The van der Waals surface area contributed by atoms with Crippen molar-refractivity contribution >= 4 is 12.4 Å². The van der Waals surface area contributed by atoms with Gasteiger partial charge in [0.25, 0.3) is 0 Å². The largest absolute Gasteiger partial charge is 0.316 e. The molecule has 0 aromatic carbocycles. The molecule has 0 aromatic heterocycles. The van der Waals surface area contributed by atoms with Gasteiger partial charge in [-0.05, 0) is 64.0 Å². The van der Waals surface area contributed by atoms with Gasteiger partial charge in [0.2, 0.25) is 0 Å². The molecular formula is C12H22ClN. The third-order valence-corrected chi connectivity index (χ3v) is 3.14. The van der Waals surface area contributed by atoms with E-state index in [1.165, 1.54) is 58.0 Å². The van der Waals surface area contributed by atoms with Gasteiger partial charge in [-0.1, -0.05) is 11.6 Å². The molecule has 1 fully saturated rings. The van der Waals surface area contributed by atoms with Crippen LogP contribution in [-0.2, 0) is 0 Å². The van der Waals surface area contributed by atoms with Gasteiger partial charge < -0.3 is 5.32 Å². The quantitative estimate of drug-likeness (QED) is 0.548. The van der Waals surface area contributed by atoms with Crippen LogP contribution in [0.5, 0.6) is 0 Å². The SMILES string of the molecule is C1=C(CCNCC2CC2)CCCC1.Cl. The van der Waals surface area contributed by atoms with Crippen LogP contribution in [0.3, 0.4) is 0 Å². The first-order valence-corrected chi connectivity index (χ1v) is 5.84. The summed E-state index contributed by atoms with van der Waals surface area (Å²) in [5.74, 6) is 1.03. The summed E-state index contributed by atoms with van der Waals surface area (Å²) < 4.78 is 0. The maximum Gasteiger partial charge on any atom is -0.00115 e. The van der Waals surface area contributed by atoms with Gasteiger partial charge in [-0.25, -0.2) is 0 Å². The average Bonchev–Trinajstić information content (AvgIpc) is 2.98. The molecule has 0 amide bonds. The summed E-state index contributed by atoms with van der Waals surface area (Å²) in [5, 5.41) is 3.55. The zero-order valence-corrected chi connectivity index (χ0v) is 9.74. The Morgan fingerprint density at radius 2 is 2.14 bits per heavy atom. The predicted molar refractivity (Wildman–Crippen MR) is 64.0 cm³/mol. The van der Waals surface area contributed by atoms with Crippen molar-refractivity contribution < 1.29 is 0 Å². The summed E-state index contributed by atoms with van der Waals surface area (Å²) in [6, 6.07) is 0. The van der Waals surface area contributed by atoms with E-state index in [2.05, 4.69) is 11.4 Å². The number of halogens is 1. The van der Waals surface area contributed by atoms with E-state index in [9.17, 15) is 0 Å². The van der Waals surface area contributed by atoms with Crippen molar-refractivity contribution in [3.8, 4) is 0 Å². The molecule has 82 valence electrons. The molecule has 0 aliphatic heterocycles. The van der Waals surface area contributed by atoms with Gasteiger partial charge in [0.05, 0.1) is 0 Å². The molecule has 0 spiro atoms. The second kappa shape index (κ2) is 6.47. The minimum atomic E-state index is 0. The minimum Gasteiger partial charge on any atom is -0.316 e. The van der Waals surface area contributed by atoms with E-state index in [-0.39, 0.29) is 12.4 Å². The molecule has 1 saturated carbocycles. The summed E-state index contributed by atoms with van der Waals surface area (Å²) >= 11 is 0. The first-order chi connectivity index (χ1) is 6.45. The highest BCUT2D eigenvalue weighted by atomic mass is 35.5. The number of nitrogens with one attached hydrogen (secondary N) is 1. The van der Waals surface area contributed by atoms with Gasteiger partial charge in [0.15, 0.2) is 0 Å². The molecule has 0 saturated heterocycles. The molecule has 2 heteroatoms. The molecule has 0 bridgehead atoms. The molecule has 0 radical (unpaired) electrons. The topological polar surface area (TPSA) is 12.0 Å². The first kappa shape index (κ1) is 12.1. The fraction of sp³-hybridized carbons (Fsp3) is 0.833. The number of allylic oxidation sites excluding steroid dienone is 1. The standard InChI is InChI=1S/C12H21N.ClH/c1-2-4-11(5-3-1)8-9-13-10-12-6-7-12;/h4,12-13H,1-3,5-10H2;1H. The van der Waals surface area contributed by atoms with Crippen LogP contribution in [0.1, 0.15) is 44.9 Å². The molecule has 0 heterocycles. The summed E-state index contributed by atoms with van der Waals surface area (Å²) in [4.78, 5) is 0. The van der Waals surface area contributed by atoms with Crippen LogP contribution in [-0.4, -0.2) is 13.1 Å². The zero-order valence-electron chi connectivity index (χ0n) is 8.93. The summed E-state index contributed by atoms with van der Waals surface area (Å²) in [7, 11) is 0. The van der Waals surface area contributed by atoms with Crippen LogP contribution in [0.2, 0.25) is 0 Å². The summed E-state index contributed by atoms with van der Waals surface area (Å²) in [6.07, 6.45) is 12.2. The van der Waals surface area contributed by atoms with Crippen molar-refractivity contribution in [1.29, 1.82) is 0 Å². The van der Waals surface area contributed by atoms with Gasteiger partial charge >= 0.3 is 0 Å². The van der Waals surface area contributed by atoms with Crippen molar-refractivity contribution in [1.82, 2.24) is 5.32 Å². The third-order valence-electron chi connectivity index (χ3n) is 3.14. The van der Waals surface area contributed by atoms with Gasteiger partial charge in [-0.2, -0.15) is 0 Å². The second-order valence-corrected chi connectivity index (χ2v) is 4.51.